The Morgan fingerprint density at radius 1 is 0.558 bits per heavy atom. The molecule has 0 aromatic heterocycles. The van der Waals surface area contributed by atoms with Crippen molar-refractivity contribution in [3.8, 4) is 0 Å². The summed E-state index contributed by atoms with van der Waals surface area (Å²) >= 11 is 0. The van der Waals surface area contributed by atoms with Gasteiger partial charge in [-0.15, -0.1) is 0 Å². The quantitative estimate of drug-likeness (QED) is 0.0454. The molecule has 0 bridgehead atoms. The number of hydrogen-bond acceptors (Lipinski definition) is 27. The first-order chi connectivity index (χ1) is 40.4. The van der Waals surface area contributed by atoms with Gasteiger partial charge in [0, 0.05) is 5.41 Å². The van der Waals surface area contributed by atoms with Crippen molar-refractivity contribution in [2.24, 2.45) is 50.2 Å². The van der Waals surface area contributed by atoms with Gasteiger partial charge >= 0.3 is 5.97 Å². The summed E-state index contributed by atoms with van der Waals surface area (Å²) in [6, 6.07) is 0. The monoisotopic (exact) mass is 1240 g/mol. The van der Waals surface area contributed by atoms with Crippen LogP contribution in [0.3, 0.4) is 0 Å². The van der Waals surface area contributed by atoms with Gasteiger partial charge in [-0.2, -0.15) is 0 Å². The van der Waals surface area contributed by atoms with Crippen molar-refractivity contribution in [3.05, 3.63) is 11.6 Å². The van der Waals surface area contributed by atoms with E-state index in [0.717, 1.165) is 24.8 Å². The maximum Gasteiger partial charge on any atom is 0.315 e. The Hall–Kier alpha value is -1.79. The molecular weight excluding hydrogens is 1140 g/mol. The average Bonchev–Trinajstić information content (AvgIpc) is 0.683. The van der Waals surface area contributed by atoms with Crippen molar-refractivity contribution in [2.75, 3.05) is 33.0 Å². The molecule has 33 atom stereocenters. The summed E-state index contributed by atoms with van der Waals surface area (Å²) < 4.78 is 59.8. The molecule has 27 nitrogen and oxygen atoms in total. The highest BCUT2D eigenvalue weighted by Crippen LogP contribution is 2.76. The molecule has 4 saturated carbocycles. The van der Waals surface area contributed by atoms with E-state index in [9.17, 15) is 81.7 Å². The summed E-state index contributed by atoms with van der Waals surface area (Å²) in [6.07, 6.45) is -32.6. The minimum atomic E-state index is -2.04. The normalized spacial score (nSPS) is 54.8. The standard InChI is InChI=1S/C59H96O27/c1-24-46(84-51-44(74)39(69)36(66)29(20-61)81-51)41(71)45(75)50(79-24)85-47-40(70)37(67)30(22-78-48-43(73)38(68)35(65)28(19-60)80-48)82-52(47)86-53(76)59-16-14-54(2,3)18-26(59)25-8-9-32-55(4)12-11-33(83-49-42(72)34(64)27(63)21-77-49)56(5,23-62)31(55)10-13-58(32,7)57(25,6)15-17-59/h8,24,26-52,60-75H,9-23H2,1-7H3. The fourth-order valence-electron chi connectivity index (χ4n) is 17.6. The molecule has 0 radical (unpaired) electrons. The van der Waals surface area contributed by atoms with Gasteiger partial charge in [0.25, 0.3) is 0 Å². The highest BCUT2D eigenvalue weighted by atomic mass is 16.8. The maximum absolute atomic E-state index is 15.8. The Labute approximate surface area is 499 Å². The zero-order chi connectivity index (χ0) is 62.7. The van der Waals surface area contributed by atoms with Gasteiger partial charge in [0.15, 0.2) is 31.3 Å². The van der Waals surface area contributed by atoms with Gasteiger partial charge < -0.3 is 129 Å². The number of aliphatic hydroxyl groups is 16. The molecule has 494 valence electrons. The van der Waals surface area contributed by atoms with Crippen LogP contribution in [0.1, 0.15) is 113 Å². The van der Waals surface area contributed by atoms with Crippen LogP contribution in [0.25, 0.3) is 0 Å². The SMILES string of the molecule is CC1OC(OC2C(OC(=O)C34CCC(C)(C)CC3C3=CCC5C6(C)CCC(OC7OCC(O)C(O)C7O)C(C)(CO)C6CCC5(C)C3(C)CC4)OC(COC3OC(CO)C(O)C(O)C3O)C(O)C2O)C(O)C(O)C1OC1OC(CO)C(O)C(O)C1O. The molecule has 33 unspecified atom stereocenters. The molecule has 27 heteroatoms. The van der Waals surface area contributed by atoms with E-state index in [2.05, 4.69) is 40.7 Å². The predicted octanol–water partition coefficient (Wildman–Crippen LogP) is -3.57. The lowest BCUT2D eigenvalue weighted by molar-refractivity contribution is -0.381. The molecule has 10 rings (SSSR count). The van der Waals surface area contributed by atoms with Crippen molar-refractivity contribution < 1.29 is 134 Å². The first-order valence-corrected chi connectivity index (χ1v) is 30.8. The second kappa shape index (κ2) is 24.9. The Kier molecular flexibility index (Phi) is 19.4. The van der Waals surface area contributed by atoms with Gasteiger partial charge in [0.1, 0.15) is 104 Å². The van der Waals surface area contributed by atoms with Crippen molar-refractivity contribution in [2.45, 2.75) is 266 Å². The van der Waals surface area contributed by atoms with Crippen LogP contribution in [-0.2, 0) is 52.2 Å². The Balaban J connectivity index is 0.919. The number of ether oxygens (including phenoxy) is 10. The third-order valence-corrected chi connectivity index (χ3v) is 23.2. The van der Waals surface area contributed by atoms with Crippen molar-refractivity contribution in [3.63, 3.8) is 0 Å². The zero-order valence-electron chi connectivity index (χ0n) is 50.0. The summed E-state index contributed by atoms with van der Waals surface area (Å²) in [5, 5.41) is 173. The summed E-state index contributed by atoms with van der Waals surface area (Å²) in [6.45, 7) is 12.1. The molecule has 0 aromatic carbocycles. The van der Waals surface area contributed by atoms with Crippen LogP contribution in [0, 0.1) is 50.2 Å². The number of carbonyl (C=O) groups excluding carboxylic acids is 1. The third kappa shape index (κ3) is 11.2. The molecule has 0 spiro atoms. The lowest BCUT2D eigenvalue weighted by atomic mass is 9.33. The lowest BCUT2D eigenvalue weighted by Gasteiger charge is -2.71. The van der Waals surface area contributed by atoms with E-state index in [1.165, 1.54) is 6.92 Å². The smallest absolute Gasteiger partial charge is 0.315 e. The van der Waals surface area contributed by atoms with Crippen molar-refractivity contribution in [1.29, 1.82) is 0 Å². The summed E-state index contributed by atoms with van der Waals surface area (Å²) in [5.41, 5.74) is -2.11. The molecule has 10 aliphatic rings. The molecule has 5 aliphatic heterocycles. The van der Waals surface area contributed by atoms with Crippen LogP contribution in [-0.4, -0.2) is 274 Å². The fourth-order valence-corrected chi connectivity index (χ4v) is 17.6. The zero-order valence-corrected chi connectivity index (χ0v) is 50.0. The van der Waals surface area contributed by atoms with Crippen molar-refractivity contribution in [1.82, 2.24) is 0 Å². The van der Waals surface area contributed by atoms with Crippen molar-refractivity contribution >= 4 is 5.97 Å². The predicted molar refractivity (Wildman–Crippen MR) is 289 cm³/mol. The van der Waals surface area contributed by atoms with Gasteiger partial charge in [-0.3, -0.25) is 4.79 Å². The molecule has 0 amide bonds. The number of fused-ring (bicyclic) bond motifs is 7. The van der Waals surface area contributed by atoms with E-state index >= 15 is 4.79 Å². The highest BCUT2D eigenvalue weighted by molar-refractivity contribution is 5.79. The van der Waals surface area contributed by atoms with Crippen LogP contribution < -0.4 is 0 Å². The first kappa shape index (κ1) is 67.1. The molecular formula is C59H96O27. The van der Waals surface area contributed by atoms with Gasteiger partial charge in [-0.1, -0.05) is 53.2 Å². The van der Waals surface area contributed by atoms with Gasteiger partial charge in [-0.25, -0.2) is 0 Å². The van der Waals surface area contributed by atoms with E-state index in [4.69, 9.17) is 47.4 Å². The highest BCUT2D eigenvalue weighted by Gasteiger charge is 2.71. The van der Waals surface area contributed by atoms with Crippen LogP contribution >= 0.6 is 0 Å². The lowest BCUT2D eigenvalue weighted by Crippen LogP contribution is -2.67. The van der Waals surface area contributed by atoms with Crippen LogP contribution in [0.4, 0.5) is 0 Å². The number of aliphatic hydroxyl groups excluding tert-OH is 16. The molecule has 5 heterocycles. The number of rotatable bonds is 14. The van der Waals surface area contributed by atoms with Crippen LogP contribution in [0.5, 0.6) is 0 Å². The number of carbonyl (C=O) groups is 1. The third-order valence-electron chi connectivity index (χ3n) is 23.2. The molecule has 86 heavy (non-hydrogen) atoms. The minimum absolute atomic E-state index is 0.0262. The van der Waals surface area contributed by atoms with Gasteiger partial charge in [0.2, 0.25) is 6.29 Å². The molecule has 5 aliphatic carbocycles. The second-order valence-corrected chi connectivity index (χ2v) is 28.5. The van der Waals surface area contributed by atoms with Crippen LogP contribution in [0.15, 0.2) is 11.6 Å². The summed E-state index contributed by atoms with van der Waals surface area (Å²) in [7, 11) is 0. The molecule has 9 fully saturated rings. The Bertz CT molecular complexity index is 2380. The van der Waals surface area contributed by atoms with E-state index in [0.29, 0.717) is 44.9 Å². The second-order valence-electron chi connectivity index (χ2n) is 28.5. The first-order valence-electron chi connectivity index (χ1n) is 30.8. The Morgan fingerprint density at radius 3 is 1.77 bits per heavy atom. The van der Waals surface area contributed by atoms with Gasteiger partial charge in [-0.05, 0) is 111 Å². The largest absolute Gasteiger partial charge is 0.432 e. The van der Waals surface area contributed by atoms with Crippen LogP contribution in [0.2, 0.25) is 0 Å². The summed E-state index contributed by atoms with van der Waals surface area (Å²) in [4.78, 5) is 15.8. The number of hydrogen-bond donors (Lipinski definition) is 16. The van der Waals surface area contributed by atoms with E-state index < -0.39 is 196 Å². The average molecular weight is 1240 g/mol. The Morgan fingerprint density at radius 2 is 1.12 bits per heavy atom. The number of allylic oxidation sites excluding steroid dienone is 2. The van der Waals surface area contributed by atoms with E-state index in [1.54, 1.807) is 0 Å². The number of esters is 1. The van der Waals surface area contributed by atoms with Gasteiger partial charge in [0.05, 0.1) is 50.7 Å². The minimum Gasteiger partial charge on any atom is -0.432 e. The molecule has 5 saturated heterocycles. The molecule has 16 N–H and O–H groups in total. The summed E-state index contributed by atoms with van der Waals surface area (Å²) in [5.74, 6) is -0.970. The molecule has 0 aromatic rings. The van der Waals surface area contributed by atoms with E-state index in [1.807, 2.05) is 6.92 Å². The maximum atomic E-state index is 15.8. The van der Waals surface area contributed by atoms with E-state index in [-0.39, 0.29) is 47.2 Å². The fraction of sp³-hybridized carbons (Fsp3) is 0.949. The topological polar surface area (TPSA) is 433 Å².